The Morgan fingerprint density at radius 2 is 2.32 bits per heavy atom. The van der Waals surface area contributed by atoms with Gasteiger partial charge in [0.2, 0.25) is 0 Å². The zero-order valence-corrected chi connectivity index (χ0v) is 11.4. The van der Waals surface area contributed by atoms with Gasteiger partial charge in [-0.2, -0.15) is 5.10 Å². The fraction of sp³-hybridized carbons (Fsp3) is 0.429. The second kappa shape index (κ2) is 7.01. The van der Waals surface area contributed by atoms with Crippen LogP contribution in [-0.4, -0.2) is 34.4 Å². The van der Waals surface area contributed by atoms with Crippen LogP contribution in [0, 0.1) is 0 Å². The molecule has 1 unspecified atom stereocenters. The zero-order valence-electron chi connectivity index (χ0n) is 11.4. The number of aromatic amines is 1. The van der Waals surface area contributed by atoms with Crippen LogP contribution in [0.4, 0.5) is 0 Å². The van der Waals surface area contributed by atoms with Crippen LogP contribution in [0.25, 0.3) is 11.3 Å². The highest BCUT2D eigenvalue weighted by molar-refractivity contribution is 5.61. The average molecular weight is 260 g/mol. The summed E-state index contributed by atoms with van der Waals surface area (Å²) in [5, 5.41) is 10.5. The van der Waals surface area contributed by atoms with Crippen molar-refractivity contribution in [3.05, 3.63) is 36.3 Å². The summed E-state index contributed by atoms with van der Waals surface area (Å²) in [6.45, 7) is 6.40. The standard InChI is InChI=1S/C14H20N4O/c1-3-19-11(2)7-16-9-13-10-17-18-14(13)12-5-4-6-15-8-12/h4-6,8,10-11,16H,3,7,9H2,1-2H3,(H,17,18). The molecule has 5 heteroatoms. The summed E-state index contributed by atoms with van der Waals surface area (Å²) >= 11 is 0. The normalized spacial score (nSPS) is 12.5. The number of hydrogen-bond donors (Lipinski definition) is 2. The first kappa shape index (κ1) is 13.7. The SMILES string of the molecule is CCOC(C)CNCc1cn[nH]c1-c1cccnc1. The fourth-order valence-corrected chi connectivity index (χ4v) is 1.96. The predicted molar refractivity (Wildman–Crippen MR) is 74.6 cm³/mol. The molecule has 5 nitrogen and oxygen atoms in total. The van der Waals surface area contributed by atoms with E-state index in [9.17, 15) is 0 Å². The topological polar surface area (TPSA) is 62.8 Å². The third-order valence-corrected chi connectivity index (χ3v) is 2.87. The average Bonchev–Trinajstić information content (AvgIpc) is 2.88. The van der Waals surface area contributed by atoms with E-state index in [4.69, 9.17) is 4.74 Å². The van der Waals surface area contributed by atoms with Crippen LogP contribution in [-0.2, 0) is 11.3 Å². The molecule has 2 aromatic heterocycles. The van der Waals surface area contributed by atoms with E-state index in [2.05, 4.69) is 27.4 Å². The first-order chi connectivity index (χ1) is 9.31. The summed E-state index contributed by atoms with van der Waals surface area (Å²) in [6.07, 6.45) is 5.67. The van der Waals surface area contributed by atoms with E-state index in [-0.39, 0.29) is 6.10 Å². The first-order valence-corrected chi connectivity index (χ1v) is 6.56. The number of pyridine rings is 1. The molecule has 2 heterocycles. The molecule has 2 aromatic rings. The summed E-state index contributed by atoms with van der Waals surface area (Å²) in [6, 6.07) is 3.94. The Labute approximate surface area is 113 Å². The lowest BCUT2D eigenvalue weighted by atomic mass is 10.1. The minimum absolute atomic E-state index is 0.221. The maximum Gasteiger partial charge on any atom is 0.0710 e. The molecule has 0 fully saturated rings. The van der Waals surface area contributed by atoms with Crippen molar-refractivity contribution in [2.24, 2.45) is 0 Å². The summed E-state index contributed by atoms with van der Waals surface area (Å²) in [4.78, 5) is 4.13. The highest BCUT2D eigenvalue weighted by Gasteiger charge is 2.08. The minimum atomic E-state index is 0.221. The minimum Gasteiger partial charge on any atom is -0.377 e. The van der Waals surface area contributed by atoms with Crippen LogP contribution < -0.4 is 5.32 Å². The van der Waals surface area contributed by atoms with Gasteiger partial charge in [0.15, 0.2) is 0 Å². The van der Waals surface area contributed by atoms with Gasteiger partial charge in [0.25, 0.3) is 0 Å². The Hall–Kier alpha value is -1.72. The molecule has 102 valence electrons. The van der Waals surface area contributed by atoms with Gasteiger partial charge in [-0.1, -0.05) is 0 Å². The summed E-state index contributed by atoms with van der Waals surface area (Å²) in [5.74, 6) is 0. The van der Waals surface area contributed by atoms with Crippen LogP contribution in [0.1, 0.15) is 19.4 Å². The highest BCUT2D eigenvalue weighted by atomic mass is 16.5. The Balaban J connectivity index is 1.94. The molecule has 1 atom stereocenters. The quantitative estimate of drug-likeness (QED) is 0.799. The van der Waals surface area contributed by atoms with E-state index >= 15 is 0 Å². The predicted octanol–water partition coefficient (Wildman–Crippen LogP) is 1.99. The van der Waals surface area contributed by atoms with Gasteiger partial charge in [-0.15, -0.1) is 0 Å². The number of nitrogens with zero attached hydrogens (tertiary/aromatic N) is 2. The Morgan fingerprint density at radius 1 is 1.42 bits per heavy atom. The fourth-order valence-electron chi connectivity index (χ4n) is 1.96. The lowest BCUT2D eigenvalue weighted by Crippen LogP contribution is -2.26. The molecular formula is C14H20N4O. The second-order valence-corrected chi connectivity index (χ2v) is 4.41. The summed E-state index contributed by atoms with van der Waals surface area (Å²) in [7, 11) is 0. The molecule has 0 saturated heterocycles. The third-order valence-electron chi connectivity index (χ3n) is 2.87. The van der Waals surface area contributed by atoms with Gasteiger partial charge in [-0.3, -0.25) is 10.1 Å². The second-order valence-electron chi connectivity index (χ2n) is 4.41. The molecule has 2 rings (SSSR count). The van der Waals surface area contributed by atoms with Gasteiger partial charge in [-0.05, 0) is 26.0 Å². The van der Waals surface area contributed by atoms with Crippen molar-refractivity contribution in [2.45, 2.75) is 26.5 Å². The van der Waals surface area contributed by atoms with Crippen LogP contribution in [0.15, 0.2) is 30.7 Å². The summed E-state index contributed by atoms with van der Waals surface area (Å²) in [5.41, 5.74) is 3.20. The molecule has 0 aliphatic carbocycles. The lowest BCUT2D eigenvalue weighted by Gasteiger charge is -2.12. The largest absolute Gasteiger partial charge is 0.377 e. The number of ether oxygens (including phenoxy) is 1. The number of aromatic nitrogens is 3. The molecule has 0 saturated carbocycles. The van der Waals surface area contributed by atoms with Gasteiger partial charge in [-0.25, -0.2) is 0 Å². The zero-order chi connectivity index (χ0) is 13.5. The maximum atomic E-state index is 5.48. The van der Waals surface area contributed by atoms with Crippen molar-refractivity contribution in [3.63, 3.8) is 0 Å². The van der Waals surface area contributed by atoms with Crippen LogP contribution in [0.5, 0.6) is 0 Å². The molecular weight excluding hydrogens is 240 g/mol. The number of nitrogens with one attached hydrogen (secondary N) is 2. The van der Waals surface area contributed by atoms with Crippen molar-refractivity contribution in [1.82, 2.24) is 20.5 Å². The van der Waals surface area contributed by atoms with E-state index in [0.29, 0.717) is 0 Å². The number of H-pyrrole nitrogens is 1. The van der Waals surface area contributed by atoms with Gasteiger partial charge in [0.05, 0.1) is 18.0 Å². The van der Waals surface area contributed by atoms with Crippen molar-refractivity contribution < 1.29 is 4.74 Å². The molecule has 0 radical (unpaired) electrons. The molecule has 0 aliphatic heterocycles. The van der Waals surface area contributed by atoms with Crippen LogP contribution in [0.3, 0.4) is 0 Å². The monoisotopic (exact) mass is 260 g/mol. The molecule has 0 bridgehead atoms. The molecule has 0 aliphatic rings. The third kappa shape index (κ3) is 3.87. The number of rotatable bonds is 7. The van der Waals surface area contributed by atoms with E-state index in [1.807, 2.05) is 31.5 Å². The van der Waals surface area contributed by atoms with E-state index in [0.717, 1.165) is 36.5 Å². The van der Waals surface area contributed by atoms with E-state index in [1.54, 1.807) is 6.20 Å². The molecule has 0 spiro atoms. The smallest absolute Gasteiger partial charge is 0.0710 e. The van der Waals surface area contributed by atoms with Crippen LogP contribution in [0.2, 0.25) is 0 Å². The first-order valence-electron chi connectivity index (χ1n) is 6.56. The van der Waals surface area contributed by atoms with Crippen molar-refractivity contribution in [1.29, 1.82) is 0 Å². The molecule has 19 heavy (non-hydrogen) atoms. The van der Waals surface area contributed by atoms with Crippen molar-refractivity contribution in [3.8, 4) is 11.3 Å². The van der Waals surface area contributed by atoms with Gasteiger partial charge in [0, 0.05) is 43.2 Å². The van der Waals surface area contributed by atoms with E-state index in [1.165, 1.54) is 0 Å². The maximum absolute atomic E-state index is 5.48. The lowest BCUT2D eigenvalue weighted by molar-refractivity contribution is 0.0759. The van der Waals surface area contributed by atoms with Crippen molar-refractivity contribution in [2.75, 3.05) is 13.2 Å². The van der Waals surface area contributed by atoms with Gasteiger partial charge < -0.3 is 10.1 Å². The Kier molecular flexibility index (Phi) is 5.06. The van der Waals surface area contributed by atoms with E-state index < -0.39 is 0 Å². The molecule has 2 N–H and O–H groups in total. The Morgan fingerprint density at radius 3 is 3.05 bits per heavy atom. The number of hydrogen-bond acceptors (Lipinski definition) is 4. The highest BCUT2D eigenvalue weighted by Crippen LogP contribution is 2.19. The molecule has 0 aromatic carbocycles. The van der Waals surface area contributed by atoms with Gasteiger partial charge >= 0.3 is 0 Å². The van der Waals surface area contributed by atoms with Crippen LogP contribution >= 0.6 is 0 Å². The summed E-state index contributed by atoms with van der Waals surface area (Å²) < 4.78 is 5.48. The van der Waals surface area contributed by atoms with Gasteiger partial charge in [0.1, 0.15) is 0 Å². The Bertz CT molecular complexity index is 483. The molecule has 0 amide bonds. The van der Waals surface area contributed by atoms with Crippen molar-refractivity contribution >= 4 is 0 Å².